The van der Waals surface area contributed by atoms with E-state index in [0.717, 1.165) is 0 Å². The second-order valence-electron chi connectivity index (χ2n) is 3.29. The molecule has 0 bridgehead atoms. The molecular weight excluding hydrogens is 240 g/mol. The van der Waals surface area contributed by atoms with Crippen molar-refractivity contribution < 1.29 is 28.9 Å². The van der Waals surface area contributed by atoms with E-state index in [1.807, 2.05) is 0 Å². The average molecular weight is 252 g/mol. The monoisotopic (exact) mass is 252 g/mol. The largest absolute Gasteiger partial charge is 0.481 e. The summed E-state index contributed by atoms with van der Waals surface area (Å²) in [6.45, 7) is 5.61. The molecule has 6 heteroatoms. The van der Waals surface area contributed by atoms with Gasteiger partial charge in [-0.15, -0.1) is 0 Å². The van der Waals surface area contributed by atoms with E-state index < -0.39 is 17.9 Å². The average Bonchev–Trinajstić information content (AvgIpc) is 2.19. The highest BCUT2D eigenvalue weighted by Crippen LogP contribution is 2.32. The molecule has 6 nitrogen and oxygen atoms in total. The van der Waals surface area contributed by atoms with Crippen LogP contribution in [0.5, 0.6) is 17.2 Å². The van der Waals surface area contributed by atoms with Crippen molar-refractivity contribution in [3.63, 3.8) is 0 Å². The van der Waals surface area contributed by atoms with Crippen LogP contribution in [0.1, 0.15) is 13.8 Å². The van der Waals surface area contributed by atoms with Crippen LogP contribution in [0.4, 0.5) is 0 Å². The summed E-state index contributed by atoms with van der Waals surface area (Å²) in [5, 5.41) is 8.97. The highest BCUT2D eigenvalue weighted by Gasteiger charge is 2.11. The Morgan fingerprint density at radius 2 is 1.67 bits per heavy atom. The number of rotatable bonds is 4. The molecule has 0 fully saturated rings. The van der Waals surface area contributed by atoms with E-state index >= 15 is 0 Å². The lowest BCUT2D eigenvalue weighted by Gasteiger charge is -2.10. The molecule has 0 saturated heterocycles. The Morgan fingerprint density at radius 3 is 2.17 bits per heavy atom. The first-order valence-electron chi connectivity index (χ1n) is 4.95. The van der Waals surface area contributed by atoms with Gasteiger partial charge >= 0.3 is 11.9 Å². The van der Waals surface area contributed by atoms with Crippen LogP contribution in [0.15, 0.2) is 30.7 Å². The van der Waals surface area contributed by atoms with Gasteiger partial charge in [0.25, 0.3) is 5.95 Å². The molecule has 0 atom stereocenters. The third-order valence-corrected chi connectivity index (χ3v) is 1.66. The predicted molar refractivity (Wildman–Crippen MR) is 61.5 cm³/mol. The summed E-state index contributed by atoms with van der Waals surface area (Å²) >= 11 is 0. The highest BCUT2D eigenvalue weighted by molar-refractivity contribution is 5.72. The van der Waals surface area contributed by atoms with Crippen LogP contribution in [0, 0.1) is 0 Å². The van der Waals surface area contributed by atoms with Crippen molar-refractivity contribution >= 4 is 11.9 Å². The Hall–Kier alpha value is -2.50. The number of hydrogen-bond acceptors (Lipinski definition) is 6. The second kappa shape index (κ2) is 5.72. The summed E-state index contributed by atoms with van der Waals surface area (Å²) < 4.78 is 14.5. The first-order chi connectivity index (χ1) is 8.38. The van der Waals surface area contributed by atoms with E-state index in [9.17, 15) is 9.59 Å². The van der Waals surface area contributed by atoms with Crippen molar-refractivity contribution in [2.75, 3.05) is 0 Å². The maximum absolute atomic E-state index is 10.9. The predicted octanol–water partition coefficient (Wildman–Crippen LogP) is 1.95. The fraction of sp³-hybridized carbons (Fsp3) is 0.167. The third kappa shape index (κ3) is 4.17. The molecular formula is C12H12O6. The first kappa shape index (κ1) is 13.6. The van der Waals surface area contributed by atoms with Crippen molar-refractivity contribution in [3.8, 4) is 17.2 Å². The SMILES string of the molecule is C=C(O)Oc1cc(OC(C)=O)ccc1OC(C)=O. The molecule has 0 saturated carbocycles. The fourth-order valence-electron chi connectivity index (χ4n) is 1.16. The van der Waals surface area contributed by atoms with E-state index in [0.29, 0.717) is 0 Å². The molecule has 0 aliphatic rings. The van der Waals surface area contributed by atoms with Gasteiger partial charge in [-0.3, -0.25) is 9.59 Å². The van der Waals surface area contributed by atoms with Crippen LogP contribution in [0.3, 0.4) is 0 Å². The Kier molecular flexibility index (Phi) is 4.31. The minimum Gasteiger partial charge on any atom is -0.481 e. The normalized spacial score (nSPS) is 9.44. The maximum atomic E-state index is 10.9. The fourth-order valence-corrected chi connectivity index (χ4v) is 1.16. The van der Waals surface area contributed by atoms with Gasteiger partial charge in [0.05, 0.1) is 0 Å². The standard InChI is InChI=1S/C12H12O6/c1-7(13)16-10-4-5-11(17-8(2)14)12(6-10)18-9(3)15/h4-6,15H,3H2,1-2H3. The summed E-state index contributed by atoms with van der Waals surface area (Å²) in [5.41, 5.74) is 0. The number of carbonyl (C=O) groups is 2. The van der Waals surface area contributed by atoms with Crippen LogP contribution >= 0.6 is 0 Å². The van der Waals surface area contributed by atoms with Crippen LogP contribution in [-0.4, -0.2) is 17.0 Å². The number of aliphatic hydroxyl groups excluding tert-OH is 1. The molecule has 0 spiro atoms. The quantitative estimate of drug-likeness (QED) is 0.501. The van der Waals surface area contributed by atoms with Gasteiger partial charge in [0, 0.05) is 19.9 Å². The van der Waals surface area contributed by atoms with Crippen LogP contribution in [0.25, 0.3) is 0 Å². The summed E-state index contributed by atoms with van der Waals surface area (Å²) in [6, 6.07) is 4.09. The van der Waals surface area contributed by atoms with Gasteiger partial charge in [0.15, 0.2) is 11.5 Å². The number of benzene rings is 1. The lowest BCUT2D eigenvalue weighted by molar-refractivity contribution is -0.133. The van der Waals surface area contributed by atoms with Crippen LogP contribution in [-0.2, 0) is 9.59 Å². The molecule has 0 amide bonds. The van der Waals surface area contributed by atoms with Crippen molar-refractivity contribution in [3.05, 3.63) is 30.7 Å². The Morgan fingerprint density at radius 1 is 1.06 bits per heavy atom. The zero-order valence-corrected chi connectivity index (χ0v) is 9.93. The van der Waals surface area contributed by atoms with Crippen LogP contribution in [0.2, 0.25) is 0 Å². The lowest BCUT2D eigenvalue weighted by atomic mass is 10.3. The number of esters is 2. The number of hydrogen-bond donors (Lipinski definition) is 1. The number of aliphatic hydroxyl groups is 1. The number of carbonyl (C=O) groups excluding carboxylic acids is 2. The highest BCUT2D eigenvalue weighted by atomic mass is 16.6. The van der Waals surface area contributed by atoms with Gasteiger partial charge in [0.2, 0.25) is 0 Å². The molecule has 18 heavy (non-hydrogen) atoms. The second-order valence-corrected chi connectivity index (χ2v) is 3.29. The molecule has 0 unspecified atom stereocenters. The Balaban J connectivity index is 3.06. The van der Waals surface area contributed by atoms with Crippen molar-refractivity contribution in [1.82, 2.24) is 0 Å². The van der Waals surface area contributed by atoms with E-state index in [4.69, 9.17) is 19.3 Å². The summed E-state index contributed by atoms with van der Waals surface area (Å²) in [7, 11) is 0. The summed E-state index contributed by atoms with van der Waals surface area (Å²) in [5.74, 6) is -1.37. The van der Waals surface area contributed by atoms with E-state index in [1.165, 1.54) is 32.0 Å². The van der Waals surface area contributed by atoms with Gasteiger partial charge in [-0.05, 0) is 18.7 Å². The molecule has 0 aliphatic heterocycles. The zero-order valence-electron chi connectivity index (χ0n) is 9.93. The van der Waals surface area contributed by atoms with Gasteiger partial charge in [-0.1, -0.05) is 0 Å². The van der Waals surface area contributed by atoms with E-state index in [1.54, 1.807) is 0 Å². The Labute approximate surface area is 103 Å². The zero-order chi connectivity index (χ0) is 13.7. The molecule has 0 aliphatic carbocycles. The first-order valence-corrected chi connectivity index (χ1v) is 4.95. The molecule has 1 aromatic carbocycles. The topological polar surface area (TPSA) is 82.1 Å². The maximum Gasteiger partial charge on any atom is 0.308 e. The molecule has 0 aromatic heterocycles. The molecule has 96 valence electrons. The van der Waals surface area contributed by atoms with Crippen molar-refractivity contribution in [2.24, 2.45) is 0 Å². The molecule has 0 heterocycles. The van der Waals surface area contributed by atoms with E-state index in [-0.39, 0.29) is 17.2 Å². The van der Waals surface area contributed by atoms with Crippen molar-refractivity contribution in [2.45, 2.75) is 13.8 Å². The molecule has 1 aromatic rings. The van der Waals surface area contributed by atoms with Crippen molar-refractivity contribution in [1.29, 1.82) is 0 Å². The lowest BCUT2D eigenvalue weighted by Crippen LogP contribution is -2.05. The van der Waals surface area contributed by atoms with E-state index in [2.05, 4.69) is 6.58 Å². The molecule has 1 N–H and O–H groups in total. The smallest absolute Gasteiger partial charge is 0.308 e. The minimum atomic E-state index is -0.580. The van der Waals surface area contributed by atoms with Crippen LogP contribution < -0.4 is 14.2 Å². The molecule has 0 radical (unpaired) electrons. The Bertz CT molecular complexity index is 491. The van der Waals surface area contributed by atoms with Gasteiger partial charge in [0.1, 0.15) is 5.75 Å². The summed E-state index contributed by atoms with van der Waals surface area (Å²) in [6.07, 6.45) is 0. The third-order valence-electron chi connectivity index (χ3n) is 1.66. The van der Waals surface area contributed by atoms with Gasteiger partial charge in [-0.25, -0.2) is 0 Å². The summed E-state index contributed by atoms with van der Waals surface area (Å²) in [4.78, 5) is 21.7. The number of ether oxygens (including phenoxy) is 3. The molecule has 1 rings (SSSR count). The van der Waals surface area contributed by atoms with Gasteiger partial charge < -0.3 is 19.3 Å². The minimum absolute atomic E-state index is 0.0106. The van der Waals surface area contributed by atoms with Gasteiger partial charge in [-0.2, -0.15) is 0 Å².